The van der Waals surface area contributed by atoms with Crippen LogP contribution in [0.5, 0.6) is 0 Å². The van der Waals surface area contributed by atoms with Crippen molar-refractivity contribution in [3.8, 4) is 0 Å². The van der Waals surface area contributed by atoms with Crippen LogP contribution in [-0.2, 0) is 28.9 Å². The quantitative estimate of drug-likeness (QED) is 0.528. The van der Waals surface area contributed by atoms with Crippen molar-refractivity contribution in [1.29, 1.82) is 0 Å². The molecule has 2 aromatic carbocycles. The number of benzene rings is 2. The lowest BCUT2D eigenvalue weighted by Crippen LogP contribution is -2.50. The Hall–Kier alpha value is -2.35. The molecular weight excluding hydrogens is 432 g/mol. The molecule has 0 unspecified atom stereocenters. The Labute approximate surface area is 200 Å². The largest absolute Gasteiger partial charge is 0.330 e. The zero-order valence-corrected chi connectivity index (χ0v) is 19.9. The minimum absolute atomic E-state index is 0.132. The van der Waals surface area contributed by atoms with Gasteiger partial charge in [-0.3, -0.25) is 9.59 Å². The SMILES string of the molecule is NCCS[C@@H]1C[C@@H](C(=O)Nc2ccc3c(c2)CCC3)N(C(=O)[C@@H](N)CCc2ccccc2)C1. The fourth-order valence-electron chi connectivity index (χ4n) is 4.82. The molecule has 4 rings (SSSR count). The summed E-state index contributed by atoms with van der Waals surface area (Å²) in [4.78, 5) is 28.3. The van der Waals surface area contributed by atoms with Crippen molar-refractivity contribution < 1.29 is 9.59 Å². The van der Waals surface area contributed by atoms with Gasteiger partial charge >= 0.3 is 0 Å². The number of aryl methyl sites for hydroxylation is 3. The minimum atomic E-state index is -0.626. The zero-order valence-electron chi connectivity index (χ0n) is 19.0. The van der Waals surface area contributed by atoms with Crippen LogP contribution in [0.25, 0.3) is 0 Å². The van der Waals surface area contributed by atoms with E-state index < -0.39 is 12.1 Å². The molecule has 1 heterocycles. The van der Waals surface area contributed by atoms with Crippen molar-refractivity contribution in [2.75, 3.05) is 24.2 Å². The monoisotopic (exact) mass is 466 g/mol. The van der Waals surface area contributed by atoms with Crippen LogP contribution in [0.3, 0.4) is 0 Å². The van der Waals surface area contributed by atoms with Gasteiger partial charge in [-0.25, -0.2) is 0 Å². The van der Waals surface area contributed by atoms with E-state index in [1.165, 1.54) is 17.5 Å². The molecule has 0 spiro atoms. The Morgan fingerprint density at radius 1 is 1.12 bits per heavy atom. The predicted molar refractivity (Wildman–Crippen MR) is 135 cm³/mol. The van der Waals surface area contributed by atoms with Gasteiger partial charge in [0.15, 0.2) is 0 Å². The fraction of sp³-hybridized carbons (Fsp3) is 0.462. The van der Waals surface area contributed by atoms with Crippen molar-refractivity contribution >= 4 is 29.3 Å². The Morgan fingerprint density at radius 2 is 1.91 bits per heavy atom. The van der Waals surface area contributed by atoms with E-state index in [-0.39, 0.29) is 17.1 Å². The van der Waals surface area contributed by atoms with Crippen LogP contribution in [-0.4, -0.2) is 52.9 Å². The summed E-state index contributed by atoms with van der Waals surface area (Å²) in [6, 6.07) is 15.0. The molecule has 3 atom stereocenters. The number of hydrogen-bond donors (Lipinski definition) is 3. The van der Waals surface area contributed by atoms with Crippen LogP contribution >= 0.6 is 11.8 Å². The van der Waals surface area contributed by atoms with E-state index in [4.69, 9.17) is 11.5 Å². The van der Waals surface area contributed by atoms with Crippen molar-refractivity contribution in [1.82, 2.24) is 4.90 Å². The third kappa shape index (κ3) is 5.96. The third-order valence-corrected chi connectivity index (χ3v) is 7.87. The molecule has 0 bridgehead atoms. The molecule has 1 saturated heterocycles. The Morgan fingerprint density at radius 3 is 2.70 bits per heavy atom. The summed E-state index contributed by atoms with van der Waals surface area (Å²) in [7, 11) is 0. The van der Waals surface area contributed by atoms with E-state index in [1.54, 1.807) is 16.7 Å². The smallest absolute Gasteiger partial charge is 0.247 e. The lowest BCUT2D eigenvalue weighted by atomic mass is 10.0. The number of anilines is 1. The first-order chi connectivity index (χ1) is 16.0. The second-order valence-corrected chi connectivity index (χ2v) is 10.4. The van der Waals surface area contributed by atoms with Gasteiger partial charge in [-0.1, -0.05) is 36.4 Å². The Kier molecular flexibility index (Phi) is 8.06. The summed E-state index contributed by atoms with van der Waals surface area (Å²) < 4.78 is 0. The highest BCUT2D eigenvalue weighted by atomic mass is 32.2. The average molecular weight is 467 g/mol. The first-order valence-corrected chi connectivity index (χ1v) is 12.9. The van der Waals surface area contributed by atoms with Gasteiger partial charge in [0.2, 0.25) is 11.8 Å². The number of carbonyl (C=O) groups is 2. The highest BCUT2D eigenvalue weighted by molar-refractivity contribution is 7.99. The first kappa shape index (κ1) is 23.8. The van der Waals surface area contributed by atoms with Gasteiger partial charge in [0.05, 0.1) is 6.04 Å². The van der Waals surface area contributed by atoms with Crippen LogP contribution in [0.1, 0.15) is 36.0 Å². The molecule has 0 radical (unpaired) electrons. The molecule has 0 saturated carbocycles. The minimum Gasteiger partial charge on any atom is -0.330 e. The molecule has 1 aliphatic carbocycles. The lowest BCUT2D eigenvalue weighted by molar-refractivity contribution is -0.137. The standard InChI is InChI=1S/C26H34N4O2S/c27-13-14-33-22-16-24(25(31)29-21-11-10-19-7-4-8-20(19)15-21)30(17-22)26(32)23(28)12-9-18-5-2-1-3-6-18/h1-3,5-6,10-11,15,22-24H,4,7-9,12-14,16-17,27-28H2,(H,29,31)/t22-,23+,24+/m1/s1. The van der Waals surface area contributed by atoms with Crippen molar-refractivity contribution in [3.63, 3.8) is 0 Å². The molecule has 1 aliphatic heterocycles. The van der Waals surface area contributed by atoms with E-state index in [0.717, 1.165) is 36.3 Å². The molecular formula is C26H34N4O2S. The number of carbonyl (C=O) groups excluding carboxylic acids is 2. The van der Waals surface area contributed by atoms with E-state index in [0.29, 0.717) is 25.9 Å². The van der Waals surface area contributed by atoms with Gasteiger partial charge in [-0.2, -0.15) is 11.8 Å². The van der Waals surface area contributed by atoms with E-state index in [9.17, 15) is 9.59 Å². The first-order valence-electron chi connectivity index (χ1n) is 11.9. The van der Waals surface area contributed by atoms with E-state index in [2.05, 4.69) is 17.4 Å². The Bertz CT molecular complexity index is 968. The number of nitrogens with one attached hydrogen (secondary N) is 1. The molecule has 1 fully saturated rings. The number of rotatable bonds is 9. The van der Waals surface area contributed by atoms with Gasteiger partial charge in [-0.05, 0) is 67.3 Å². The van der Waals surface area contributed by atoms with Gasteiger partial charge in [-0.15, -0.1) is 0 Å². The maximum atomic E-state index is 13.3. The summed E-state index contributed by atoms with van der Waals surface area (Å²) in [5.74, 6) is 0.537. The van der Waals surface area contributed by atoms with Crippen LogP contribution in [0.15, 0.2) is 48.5 Å². The predicted octanol–water partition coefficient (Wildman–Crippen LogP) is 2.74. The molecule has 2 aliphatic rings. The maximum Gasteiger partial charge on any atom is 0.247 e. The second kappa shape index (κ2) is 11.2. The molecule has 7 heteroatoms. The summed E-state index contributed by atoms with van der Waals surface area (Å²) in [6.07, 6.45) is 5.24. The normalized spacial score (nSPS) is 20.5. The van der Waals surface area contributed by atoms with Gasteiger partial charge in [0.1, 0.15) is 6.04 Å². The number of likely N-dealkylation sites (tertiary alicyclic amines) is 1. The van der Waals surface area contributed by atoms with Crippen LogP contribution in [0.4, 0.5) is 5.69 Å². The van der Waals surface area contributed by atoms with E-state index in [1.807, 2.05) is 36.4 Å². The summed E-state index contributed by atoms with van der Waals surface area (Å²) in [6.45, 7) is 1.11. The molecule has 5 N–H and O–H groups in total. The molecule has 2 amide bonds. The third-order valence-electron chi connectivity index (χ3n) is 6.59. The number of amides is 2. The van der Waals surface area contributed by atoms with Crippen LogP contribution in [0.2, 0.25) is 0 Å². The number of thioether (sulfide) groups is 1. The average Bonchev–Trinajstić information content (AvgIpc) is 3.48. The molecule has 6 nitrogen and oxygen atoms in total. The van der Waals surface area contributed by atoms with Crippen molar-refractivity contribution in [3.05, 3.63) is 65.2 Å². The molecule has 0 aromatic heterocycles. The van der Waals surface area contributed by atoms with Gasteiger partial charge < -0.3 is 21.7 Å². The number of nitrogens with two attached hydrogens (primary N) is 2. The van der Waals surface area contributed by atoms with Crippen LogP contribution in [0, 0.1) is 0 Å². The maximum absolute atomic E-state index is 13.3. The lowest BCUT2D eigenvalue weighted by Gasteiger charge is -2.27. The number of nitrogens with zero attached hydrogens (tertiary/aromatic N) is 1. The van der Waals surface area contributed by atoms with Crippen molar-refractivity contribution in [2.45, 2.75) is 55.9 Å². The fourth-order valence-corrected chi connectivity index (χ4v) is 5.88. The van der Waals surface area contributed by atoms with Crippen LogP contribution < -0.4 is 16.8 Å². The number of hydrogen-bond acceptors (Lipinski definition) is 5. The number of fused-ring (bicyclic) bond motifs is 1. The second-order valence-electron chi connectivity index (χ2n) is 8.98. The molecule has 33 heavy (non-hydrogen) atoms. The van der Waals surface area contributed by atoms with Gasteiger partial charge in [0.25, 0.3) is 0 Å². The highest BCUT2D eigenvalue weighted by Gasteiger charge is 2.41. The Balaban J connectivity index is 1.42. The summed E-state index contributed by atoms with van der Waals surface area (Å²) in [5.41, 5.74) is 16.6. The topological polar surface area (TPSA) is 101 Å². The highest BCUT2D eigenvalue weighted by Crippen LogP contribution is 2.30. The molecule has 2 aromatic rings. The van der Waals surface area contributed by atoms with Gasteiger partial charge in [0, 0.05) is 29.8 Å². The zero-order chi connectivity index (χ0) is 23.2. The van der Waals surface area contributed by atoms with Crippen molar-refractivity contribution in [2.24, 2.45) is 11.5 Å². The molecule has 176 valence electrons. The summed E-state index contributed by atoms with van der Waals surface area (Å²) in [5, 5.41) is 3.25. The summed E-state index contributed by atoms with van der Waals surface area (Å²) >= 11 is 1.73. The van der Waals surface area contributed by atoms with E-state index >= 15 is 0 Å².